The van der Waals surface area contributed by atoms with Crippen LogP contribution in [0.3, 0.4) is 0 Å². The number of rotatable bonds is 1. The Morgan fingerprint density at radius 3 is 3.00 bits per heavy atom. The molecule has 3 nitrogen and oxygen atoms in total. The molecular weight excluding hydrogens is 230 g/mol. The summed E-state index contributed by atoms with van der Waals surface area (Å²) in [7, 11) is 0. The topological polar surface area (TPSA) is 30.2 Å². The van der Waals surface area contributed by atoms with E-state index >= 15 is 0 Å². The standard InChI is InChI=1S/C9H10BrN3/c1-3-8-11-9-6(2)4-7(10)5-13(9)12-8/h4-5H,3H2,1-2H3. The van der Waals surface area contributed by atoms with Gasteiger partial charge in [0.2, 0.25) is 0 Å². The van der Waals surface area contributed by atoms with E-state index in [0.717, 1.165) is 27.9 Å². The zero-order valence-corrected chi connectivity index (χ0v) is 9.17. The lowest BCUT2D eigenvalue weighted by molar-refractivity contribution is 0.882. The fourth-order valence-electron chi connectivity index (χ4n) is 1.30. The molecule has 0 aliphatic carbocycles. The minimum Gasteiger partial charge on any atom is -0.219 e. The van der Waals surface area contributed by atoms with Gasteiger partial charge in [-0.2, -0.15) is 5.10 Å². The number of pyridine rings is 1. The Hall–Kier alpha value is -0.900. The maximum atomic E-state index is 4.40. The van der Waals surface area contributed by atoms with Gasteiger partial charge < -0.3 is 0 Å². The van der Waals surface area contributed by atoms with Crippen LogP contribution in [0.25, 0.3) is 5.65 Å². The third-order valence-corrected chi connectivity index (χ3v) is 2.38. The first-order chi connectivity index (χ1) is 6.20. The van der Waals surface area contributed by atoms with Crippen LogP contribution in [0.1, 0.15) is 18.3 Å². The maximum absolute atomic E-state index is 4.40. The Balaban J connectivity index is 2.75. The highest BCUT2D eigenvalue weighted by Gasteiger charge is 2.04. The molecule has 2 rings (SSSR count). The molecule has 0 radical (unpaired) electrons. The third kappa shape index (κ3) is 1.46. The second-order valence-corrected chi connectivity index (χ2v) is 3.91. The molecule has 0 atom stereocenters. The summed E-state index contributed by atoms with van der Waals surface area (Å²) in [6, 6.07) is 2.05. The molecule has 0 aliphatic rings. The molecule has 0 bridgehead atoms. The second-order valence-electron chi connectivity index (χ2n) is 2.99. The van der Waals surface area contributed by atoms with E-state index < -0.39 is 0 Å². The summed E-state index contributed by atoms with van der Waals surface area (Å²) >= 11 is 3.43. The molecule has 0 N–H and O–H groups in total. The van der Waals surface area contributed by atoms with Crippen LogP contribution in [-0.4, -0.2) is 14.6 Å². The van der Waals surface area contributed by atoms with Crippen molar-refractivity contribution in [2.45, 2.75) is 20.3 Å². The molecule has 0 aliphatic heterocycles. The monoisotopic (exact) mass is 239 g/mol. The molecule has 0 saturated carbocycles. The van der Waals surface area contributed by atoms with Gasteiger partial charge in [0, 0.05) is 17.1 Å². The van der Waals surface area contributed by atoms with E-state index in [1.807, 2.05) is 23.7 Å². The first kappa shape index (κ1) is 8.69. The molecule has 0 aromatic carbocycles. The van der Waals surface area contributed by atoms with Gasteiger partial charge in [-0.1, -0.05) is 6.92 Å². The number of fused-ring (bicyclic) bond motifs is 1. The molecule has 0 fully saturated rings. The average Bonchev–Trinajstić information content (AvgIpc) is 2.47. The summed E-state index contributed by atoms with van der Waals surface area (Å²) in [6.07, 6.45) is 2.80. The molecule has 2 heterocycles. The van der Waals surface area contributed by atoms with Crippen LogP contribution in [0.2, 0.25) is 0 Å². The van der Waals surface area contributed by atoms with Crippen molar-refractivity contribution < 1.29 is 0 Å². The smallest absolute Gasteiger partial charge is 0.158 e. The van der Waals surface area contributed by atoms with E-state index in [-0.39, 0.29) is 0 Å². The minimum absolute atomic E-state index is 0.874. The molecule has 2 aromatic heterocycles. The lowest BCUT2D eigenvalue weighted by Gasteiger charge is -1.96. The van der Waals surface area contributed by atoms with Crippen LogP contribution in [0.5, 0.6) is 0 Å². The molecule has 0 saturated heterocycles. The molecule has 4 heteroatoms. The highest BCUT2D eigenvalue weighted by molar-refractivity contribution is 9.10. The van der Waals surface area contributed by atoms with Gasteiger partial charge in [-0.15, -0.1) is 0 Å². The number of aryl methyl sites for hydroxylation is 2. The van der Waals surface area contributed by atoms with Crippen molar-refractivity contribution in [2.24, 2.45) is 0 Å². The Bertz CT molecular complexity index is 447. The molecule has 0 spiro atoms. The highest BCUT2D eigenvalue weighted by atomic mass is 79.9. The molecule has 0 unspecified atom stereocenters. The number of halogens is 1. The second kappa shape index (κ2) is 3.10. The molecule has 2 aromatic rings. The maximum Gasteiger partial charge on any atom is 0.158 e. The van der Waals surface area contributed by atoms with Crippen LogP contribution in [0.4, 0.5) is 0 Å². The van der Waals surface area contributed by atoms with Gasteiger partial charge in [0.1, 0.15) is 0 Å². The minimum atomic E-state index is 0.874. The molecule has 13 heavy (non-hydrogen) atoms. The number of nitrogens with zero attached hydrogens (tertiary/aromatic N) is 3. The van der Waals surface area contributed by atoms with Crippen molar-refractivity contribution in [1.82, 2.24) is 14.6 Å². The average molecular weight is 240 g/mol. The van der Waals surface area contributed by atoms with Gasteiger partial charge in [0.05, 0.1) is 0 Å². The fourth-order valence-corrected chi connectivity index (χ4v) is 1.84. The summed E-state index contributed by atoms with van der Waals surface area (Å²) in [4.78, 5) is 4.40. The molecular formula is C9H10BrN3. The first-order valence-electron chi connectivity index (χ1n) is 4.22. The SMILES string of the molecule is CCc1nc2c(C)cc(Br)cn2n1. The normalized spacial score (nSPS) is 11.0. The number of aromatic nitrogens is 3. The van der Waals surface area contributed by atoms with Gasteiger partial charge in [-0.25, -0.2) is 9.50 Å². The van der Waals surface area contributed by atoms with Gasteiger partial charge in [-0.05, 0) is 34.5 Å². The van der Waals surface area contributed by atoms with Crippen molar-refractivity contribution in [2.75, 3.05) is 0 Å². The van der Waals surface area contributed by atoms with Crippen LogP contribution in [0.15, 0.2) is 16.7 Å². The van der Waals surface area contributed by atoms with Crippen LogP contribution in [-0.2, 0) is 6.42 Å². The van der Waals surface area contributed by atoms with E-state index in [4.69, 9.17) is 0 Å². The van der Waals surface area contributed by atoms with E-state index in [2.05, 4.69) is 32.9 Å². The highest BCUT2D eigenvalue weighted by Crippen LogP contribution is 2.15. The van der Waals surface area contributed by atoms with Crippen molar-refractivity contribution in [1.29, 1.82) is 0 Å². The van der Waals surface area contributed by atoms with E-state index in [0.29, 0.717) is 0 Å². The Morgan fingerprint density at radius 2 is 2.31 bits per heavy atom. The lowest BCUT2D eigenvalue weighted by Crippen LogP contribution is -1.89. The van der Waals surface area contributed by atoms with Crippen molar-refractivity contribution in [3.8, 4) is 0 Å². The first-order valence-corrected chi connectivity index (χ1v) is 5.01. The van der Waals surface area contributed by atoms with E-state index in [1.54, 1.807) is 0 Å². The predicted molar refractivity (Wildman–Crippen MR) is 54.8 cm³/mol. The summed E-state index contributed by atoms with van der Waals surface area (Å²) < 4.78 is 2.85. The lowest BCUT2D eigenvalue weighted by atomic mass is 10.3. The van der Waals surface area contributed by atoms with Crippen molar-refractivity contribution >= 4 is 21.6 Å². The Labute approximate surface area is 84.9 Å². The van der Waals surface area contributed by atoms with Gasteiger partial charge in [0.25, 0.3) is 0 Å². The van der Waals surface area contributed by atoms with Gasteiger partial charge in [-0.3, -0.25) is 0 Å². The summed E-state index contributed by atoms with van der Waals surface area (Å²) in [5.41, 5.74) is 2.08. The summed E-state index contributed by atoms with van der Waals surface area (Å²) in [6.45, 7) is 4.09. The van der Waals surface area contributed by atoms with E-state index in [9.17, 15) is 0 Å². The zero-order valence-electron chi connectivity index (χ0n) is 7.58. The van der Waals surface area contributed by atoms with Gasteiger partial charge in [0.15, 0.2) is 11.5 Å². The van der Waals surface area contributed by atoms with Crippen LogP contribution < -0.4 is 0 Å². The van der Waals surface area contributed by atoms with Crippen LogP contribution >= 0.6 is 15.9 Å². The number of hydrogen-bond acceptors (Lipinski definition) is 2. The summed E-state index contributed by atoms with van der Waals surface area (Å²) in [5.74, 6) is 0.890. The molecule has 68 valence electrons. The largest absolute Gasteiger partial charge is 0.219 e. The van der Waals surface area contributed by atoms with E-state index in [1.165, 1.54) is 0 Å². The van der Waals surface area contributed by atoms with Gasteiger partial charge >= 0.3 is 0 Å². The fraction of sp³-hybridized carbons (Fsp3) is 0.333. The van der Waals surface area contributed by atoms with Crippen LogP contribution in [0, 0.1) is 6.92 Å². The molecule has 0 amide bonds. The van der Waals surface area contributed by atoms with Crippen molar-refractivity contribution in [3.63, 3.8) is 0 Å². The van der Waals surface area contributed by atoms with Crippen molar-refractivity contribution in [3.05, 3.63) is 28.1 Å². The third-order valence-electron chi connectivity index (χ3n) is 1.94. The quantitative estimate of drug-likeness (QED) is 0.765. The predicted octanol–water partition coefficient (Wildman–Crippen LogP) is 2.36. The summed E-state index contributed by atoms with van der Waals surface area (Å²) in [5, 5.41) is 4.33. The zero-order chi connectivity index (χ0) is 9.42. The Kier molecular flexibility index (Phi) is 2.07. The number of hydrogen-bond donors (Lipinski definition) is 0. The Morgan fingerprint density at radius 1 is 1.54 bits per heavy atom.